The van der Waals surface area contributed by atoms with Crippen LogP contribution in [-0.4, -0.2) is 42.9 Å². The number of carboxylic acid groups (broad SMARTS) is 1. The van der Waals surface area contributed by atoms with Crippen LogP contribution < -0.4 is 4.72 Å². The molecule has 1 aliphatic heterocycles. The largest absolute Gasteiger partial charge is 0.480 e. The van der Waals surface area contributed by atoms with Crippen LogP contribution in [0.4, 0.5) is 0 Å². The molecule has 0 aromatic heterocycles. The van der Waals surface area contributed by atoms with Crippen LogP contribution in [0.5, 0.6) is 0 Å². The van der Waals surface area contributed by atoms with Crippen LogP contribution in [0.15, 0.2) is 0 Å². The molecule has 6 nitrogen and oxygen atoms in total. The van der Waals surface area contributed by atoms with Crippen LogP contribution >= 0.6 is 0 Å². The van der Waals surface area contributed by atoms with Gasteiger partial charge in [0.2, 0.25) is 0 Å². The van der Waals surface area contributed by atoms with Gasteiger partial charge in [0.15, 0.2) is 0 Å². The first-order valence-electron chi connectivity index (χ1n) is 7.91. The minimum absolute atomic E-state index is 0.298. The maximum atomic E-state index is 12.4. The van der Waals surface area contributed by atoms with E-state index in [4.69, 9.17) is 0 Å². The lowest BCUT2D eigenvalue weighted by Crippen LogP contribution is -2.53. The molecule has 1 saturated heterocycles. The van der Waals surface area contributed by atoms with Gasteiger partial charge >= 0.3 is 5.97 Å². The van der Waals surface area contributed by atoms with E-state index in [1.54, 1.807) is 0 Å². The molecule has 21 heavy (non-hydrogen) atoms. The van der Waals surface area contributed by atoms with E-state index in [9.17, 15) is 18.3 Å². The summed E-state index contributed by atoms with van der Waals surface area (Å²) in [6.07, 6.45) is 6.46. The predicted molar refractivity (Wildman–Crippen MR) is 80.0 cm³/mol. The number of hydrogen-bond acceptors (Lipinski definition) is 3. The van der Waals surface area contributed by atoms with Gasteiger partial charge in [0.05, 0.1) is 0 Å². The molecule has 1 heterocycles. The average Bonchev–Trinajstić information content (AvgIpc) is 2.46. The number of carboxylic acids is 1. The Labute approximate surface area is 127 Å². The molecule has 122 valence electrons. The highest BCUT2D eigenvalue weighted by Gasteiger charge is 2.37. The molecule has 0 radical (unpaired) electrons. The van der Waals surface area contributed by atoms with E-state index in [-0.39, 0.29) is 0 Å². The minimum Gasteiger partial charge on any atom is -0.480 e. The Morgan fingerprint density at radius 2 is 1.86 bits per heavy atom. The SMILES string of the molecule is CC1CCCCC1CNS(=O)(=O)N1CCCCC1C(=O)O. The molecule has 1 aliphatic carbocycles. The summed E-state index contributed by atoms with van der Waals surface area (Å²) in [7, 11) is -3.70. The third-order valence-corrected chi connectivity index (χ3v) is 6.45. The van der Waals surface area contributed by atoms with Crippen molar-refractivity contribution in [1.29, 1.82) is 0 Å². The lowest BCUT2D eigenvalue weighted by atomic mass is 9.81. The lowest BCUT2D eigenvalue weighted by molar-refractivity contribution is -0.142. The van der Waals surface area contributed by atoms with Crippen molar-refractivity contribution in [2.24, 2.45) is 11.8 Å². The zero-order valence-corrected chi connectivity index (χ0v) is 13.4. The van der Waals surface area contributed by atoms with Crippen LogP contribution in [0.25, 0.3) is 0 Å². The zero-order chi connectivity index (χ0) is 15.5. The summed E-state index contributed by atoms with van der Waals surface area (Å²) in [4.78, 5) is 11.2. The summed E-state index contributed by atoms with van der Waals surface area (Å²) in [5.74, 6) is -0.161. The van der Waals surface area contributed by atoms with Crippen molar-refractivity contribution < 1.29 is 18.3 Å². The third-order valence-electron chi connectivity index (χ3n) is 4.86. The summed E-state index contributed by atoms with van der Waals surface area (Å²) in [6.45, 7) is 2.89. The number of hydrogen-bond donors (Lipinski definition) is 2. The number of rotatable bonds is 5. The molecule has 2 aliphatic rings. The molecule has 3 unspecified atom stereocenters. The van der Waals surface area contributed by atoms with E-state index < -0.39 is 22.2 Å². The summed E-state index contributed by atoms with van der Waals surface area (Å²) in [5, 5.41) is 9.20. The fourth-order valence-corrected chi connectivity index (χ4v) is 4.92. The van der Waals surface area contributed by atoms with Crippen molar-refractivity contribution in [1.82, 2.24) is 9.03 Å². The first-order valence-corrected chi connectivity index (χ1v) is 9.35. The van der Waals surface area contributed by atoms with Crippen LogP contribution in [0.2, 0.25) is 0 Å². The normalized spacial score (nSPS) is 32.0. The second kappa shape index (κ2) is 7.07. The van der Waals surface area contributed by atoms with Crippen LogP contribution in [0.3, 0.4) is 0 Å². The average molecular weight is 318 g/mol. The van der Waals surface area contributed by atoms with Gasteiger partial charge in [0, 0.05) is 13.1 Å². The number of carbonyl (C=O) groups is 1. The highest BCUT2D eigenvalue weighted by atomic mass is 32.2. The van der Waals surface area contributed by atoms with Gasteiger partial charge in [-0.3, -0.25) is 4.79 Å². The van der Waals surface area contributed by atoms with Gasteiger partial charge in [-0.25, -0.2) is 4.72 Å². The number of nitrogens with one attached hydrogen (secondary N) is 1. The monoisotopic (exact) mass is 318 g/mol. The summed E-state index contributed by atoms with van der Waals surface area (Å²) >= 11 is 0. The minimum atomic E-state index is -3.70. The molecule has 0 amide bonds. The van der Waals surface area contributed by atoms with E-state index >= 15 is 0 Å². The van der Waals surface area contributed by atoms with Crippen LogP contribution in [-0.2, 0) is 15.0 Å². The molecule has 0 bridgehead atoms. The van der Waals surface area contributed by atoms with Crippen molar-refractivity contribution in [2.75, 3.05) is 13.1 Å². The molecule has 0 aromatic carbocycles. The molecule has 2 fully saturated rings. The molecule has 2 N–H and O–H groups in total. The van der Waals surface area contributed by atoms with Gasteiger partial charge < -0.3 is 5.11 Å². The number of piperidine rings is 1. The molecule has 3 atom stereocenters. The summed E-state index contributed by atoms with van der Waals surface area (Å²) in [5.41, 5.74) is 0. The van der Waals surface area contributed by atoms with Crippen LogP contribution in [0, 0.1) is 11.8 Å². The molecule has 0 aromatic rings. The molecule has 0 spiro atoms. The molecular weight excluding hydrogens is 292 g/mol. The highest BCUT2D eigenvalue weighted by molar-refractivity contribution is 7.87. The van der Waals surface area contributed by atoms with Crippen molar-refractivity contribution in [2.45, 2.75) is 57.9 Å². The van der Waals surface area contributed by atoms with Crippen molar-refractivity contribution in [3.63, 3.8) is 0 Å². The number of aliphatic carboxylic acids is 1. The van der Waals surface area contributed by atoms with Crippen molar-refractivity contribution >= 4 is 16.2 Å². The quantitative estimate of drug-likeness (QED) is 0.806. The van der Waals surface area contributed by atoms with Crippen molar-refractivity contribution in [3.8, 4) is 0 Å². The predicted octanol–water partition coefficient (Wildman–Crippen LogP) is 1.59. The van der Waals surface area contributed by atoms with Crippen LogP contribution in [0.1, 0.15) is 51.9 Å². The lowest BCUT2D eigenvalue weighted by Gasteiger charge is -2.33. The topological polar surface area (TPSA) is 86.7 Å². The Balaban J connectivity index is 1.98. The van der Waals surface area contributed by atoms with Gasteiger partial charge in [-0.05, 0) is 37.5 Å². The Morgan fingerprint density at radius 3 is 2.52 bits per heavy atom. The van der Waals surface area contributed by atoms with E-state index in [2.05, 4.69) is 11.6 Å². The first-order chi connectivity index (χ1) is 9.92. The standard InChI is InChI=1S/C14H26N2O4S/c1-11-6-2-3-7-12(11)10-15-21(19,20)16-9-5-4-8-13(16)14(17)18/h11-13,15H,2-10H2,1H3,(H,17,18). The first kappa shape index (κ1) is 16.7. The molecule has 1 saturated carbocycles. The second-order valence-electron chi connectivity index (χ2n) is 6.34. The fourth-order valence-electron chi connectivity index (χ4n) is 3.43. The van der Waals surface area contributed by atoms with Gasteiger partial charge in [-0.1, -0.05) is 26.2 Å². The zero-order valence-electron chi connectivity index (χ0n) is 12.6. The van der Waals surface area contributed by atoms with E-state index in [0.717, 1.165) is 36.4 Å². The number of nitrogens with zero attached hydrogens (tertiary/aromatic N) is 1. The second-order valence-corrected chi connectivity index (χ2v) is 8.04. The van der Waals surface area contributed by atoms with Gasteiger partial charge in [0.25, 0.3) is 10.2 Å². The maximum absolute atomic E-state index is 12.4. The van der Waals surface area contributed by atoms with E-state index in [1.807, 2.05) is 0 Å². The Bertz CT molecular complexity index is 466. The molecule has 7 heteroatoms. The van der Waals surface area contributed by atoms with E-state index in [1.165, 1.54) is 6.42 Å². The van der Waals surface area contributed by atoms with E-state index in [0.29, 0.717) is 31.3 Å². The summed E-state index contributed by atoms with van der Waals surface area (Å²) < 4.78 is 28.6. The highest BCUT2D eigenvalue weighted by Crippen LogP contribution is 2.29. The molecular formula is C14H26N2O4S. The van der Waals surface area contributed by atoms with Gasteiger partial charge in [0.1, 0.15) is 6.04 Å². The fraction of sp³-hybridized carbons (Fsp3) is 0.929. The maximum Gasteiger partial charge on any atom is 0.322 e. The Kier molecular flexibility index (Phi) is 5.62. The van der Waals surface area contributed by atoms with Crippen molar-refractivity contribution in [3.05, 3.63) is 0 Å². The van der Waals surface area contributed by atoms with Gasteiger partial charge in [-0.15, -0.1) is 0 Å². The smallest absolute Gasteiger partial charge is 0.322 e. The Morgan fingerprint density at radius 1 is 1.19 bits per heavy atom. The Hall–Kier alpha value is -0.660. The molecule has 2 rings (SSSR count). The summed E-state index contributed by atoms with van der Waals surface area (Å²) in [6, 6.07) is -0.917. The van der Waals surface area contributed by atoms with Gasteiger partial charge in [-0.2, -0.15) is 12.7 Å². The third kappa shape index (κ3) is 4.17.